The van der Waals surface area contributed by atoms with E-state index in [-0.39, 0.29) is 17.7 Å². The van der Waals surface area contributed by atoms with Crippen molar-refractivity contribution in [2.24, 2.45) is 0 Å². The molecule has 0 spiro atoms. The van der Waals surface area contributed by atoms with Crippen LogP contribution in [-0.2, 0) is 11.3 Å². The fourth-order valence-electron chi connectivity index (χ4n) is 2.74. The zero-order chi connectivity index (χ0) is 16.9. The lowest BCUT2D eigenvalue weighted by Crippen LogP contribution is -2.45. The summed E-state index contributed by atoms with van der Waals surface area (Å²) in [6.45, 7) is 6.94. The van der Waals surface area contributed by atoms with Gasteiger partial charge in [0.05, 0.1) is 0 Å². The van der Waals surface area contributed by atoms with E-state index in [4.69, 9.17) is 4.74 Å². The van der Waals surface area contributed by atoms with Crippen LogP contribution in [0.3, 0.4) is 0 Å². The molecule has 1 saturated carbocycles. The van der Waals surface area contributed by atoms with Crippen molar-refractivity contribution in [3.63, 3.8) is 0 Å². The van der Waals surface area contributed by atoms with Gasteiger partial charge in [0, 0.05) is 25.2 Å². The van der Waals surface area contributed by atoms with Gasteiger partial charge in [-0.2, -0.15) is 0 Å². The van der Waals surface area contributed by atoms with Gasteiger partial charge in [0.1, 0.15) is 6.10 Å². The van der Waals surface area contributed by atoms with Gasteiger partial charge in [-0.1, -0.05) is 30.3 Å². The first-order chi connectivity index (χ1) is 10.9. The normalized spacial score (nSPS) is 21.7. The zero-order valence-corrected chi connectivity index (χ0v) is 14.8. The highest BCUT2D eigenvalue weighted by atomic mass is 16.6. The standard InChI is InChI=1S/C19H30N2O2/c1-19(2,3)21(4)18(22)23-17-12-10-16(11-13-17)20-14-15-8-6-5-7-9-15/h5-9,16-17,20H,10-14H2,1-4H3. The van der Waals surface area contributed by atoms with Crippen molar-refractivity contribution in [3.05, 3.63) is 35.9 Å². The molecule has 2 rings (SSSR count). The lowest BCUT2D eigenvalue weighted by atomic mass is 9.93. The van der Waals surface area contributed by atoms with Crippen LogP contribution in [-0.4, -0.2) is 35.7 Å². The molecule has 4 heteroatoms. The molecule has 0 heterocycles. The molecule has 1 aromatic carbocycles. The molecular formula is C19H30N2O2. The lowest BCUT2D eigenvalue weighted by Gasteiger charge is -2.34. The summed E-state index contributed by atoms with van der Waals surface area (Å²) >= 11 is 0. The molecule has 1 aliphatic rings. The Balaban J connectivity index is 1.71. The van der Waals surface area contributed by atoms with Crippen molar-refractivity contribution in [3.8, 4) is 0 Å². The predicted molar refractivity (Wildman–Crippen MR) is 93.3 cm³/mol. The molecule has 1 fully saturated rings. The first-order valence-electron chi connectivity index (χ1n) is 8.58. The Kier molecular flexibility index (Phi) is 6.05. The van der Waals surface area contributed by atoms with Crippen molar-refractivity contribution in [2.75, 3.05) is 7.05 Å². The summed E-state index contributed by atoms with van der Waals surface area (Å²) in [6, 6.07) is 11.0. The van der Waals surface area contributed by atoms with Gasteiger partial charge in [0.25, 0.3) is 0 Å². The van der Waals surface area contributed by atoms with Crippen LogP contribution >= 0.6 is 0 Å². The number of nitrogens with one attached hydrogen (secondary N) is 1. The third-order valence-electron chi connectivity index (χ3n) is 4.66. The third-order valence-corrected chi connectivity index (χ3v) is 4.66. The number of amides is 1. The van der Waals surface area contributed by atoms with E-state index in [2.05, 4.69) is 29.6 Å². The maximum absolute atomic E-state index is 12.1. The molecule has 0 radical (unpaired) electrons. The smallest absolute Gasteiger partial charge is 0.410 e. The topological polar surface area (TPSA) is 41.6 Å². The molecule has 23 heavy (non-hydrogen) atoms. The van der Waals surface area contributed by atoms with Crippen LogP contribution in [0.2, 0.25) is 0 Å². The molecule has 0 atom stereocenters. The van der Waals surface area contributed by atoms with Crippen LogP contribution in [0.15, 0.2) is 30.3 Å². The number of hydrogen-bond donors (Lipinski definition) is 1. The van der Waals surface area contributed by atoms with E-state index in [0.29, 0.717) is 6.04 Å². The highest BCUT2D eigenvalue weighted by Crippen LogP contribution is 2.23. The van der Waals surface area contributed by atoms with Crippen molar-refractivity contribution < 1.29 is 9.53 Å². The van der Waals surface area contributed by atoms with Gasteiger partial charge in [-0.05, 0) is 52.0 Å². The van der Waals surface area contributed by atoms with E-state index < -0.39 is 0 Å². The number of ether oxygens (including phenoxy) is 1. The zero-order valence-electron chi connectivity index (χ0n) is 14.8. The molecule has 1 amide bonds. The molecule has 0 unspecified atom stereocenters. The van der Waals surface area contributed by atoms with E-state index in [1.165, 1.54) is 5.56 Å². The van der Waals surface area contributed by atoms with Crippen molar-refractivity contribution in [2.45, 2.75) is 70.7 Å². The van der Waals surface area contributed by atoms with Crippen molar-refractivity contribution >= 4 is 6.09 Å². The monoisotopic (exact) mass is 318 g/mol. The maximum Gasteiger partial charge on any atom is 0.410 e. The molecule has 1 aliphatic carbocycles. The molecule has 1 aromatic rings. The first kappa shape index (κ1) is 17.8. The number of benzene rings is 1. The number of hydrogen-bond acceptors (Lipinski definition) is 3. The first-order valence-corrected chi connectivity index (χ1v) is 8.58. The van der Waals surface area contributed by atoms with E-state index in [1.807, 2.05) is 26.8 Å². The molecule has 0 bridgehead atoms. The highest BCUT2D eigenvalue weighted by Gasteiger charge is 2.28. The van der Waals surface area contributed by atoms with Crippen LogP contribution in [0.1, 0.15) is 52.0 Å². The van der Waals surface area contributed by atoms with Crippen molar-refractivity contribution in [1.82, 2.24) is 10.2 Å². The Morgan fingerprint density at radius 3 is 2.35 bits per heavy atom. The third kappa shape index (κ3) is 5.54. The summed E-state index contributed by atoms with van der Waals surface area (Å²) < 4.78 is 5.65. The second-order valence-electron chi connectivity index (χ2n) is 7.45. The van der Waals surface area contributed by atoms with Crippen LogP contribution < -0.4 is 5.32 Å². The van der Waals surface area contributed by atoms with Crippen LogP contribution in [0.4, 0.5) is 4.79 Å². The molecule has 1 N–H and O–H groups in total. The summed E-state index contributed by atoms with van der Waals surface area (Å²) in [5, 5.41) is 3.61. The summed E-state index contributed by atoms with van der Waals surface area (Å²) in [5.74, 6) is 0. The van der Waals surface area contributed by atoms with Gasteiger partial charge >= 0.3 is 6.09 Å². The fourth-order valence-corrected chi connectivity index (χ4v) is 2.74. The molecule has 4 nitrogen and oxygen atoms in total. The van der Waals surface area contributed by atoms with E-state index >= 15 is 0 Å². The number of carbonyl (C=O) groups excluding carboxylic acids is 1. The van der Waals surface area contributed by atoms with Gasteiger partial charge in [-0.3, -0.25) is 0 Å². The molecule has 0 aliphatic heterocycles. The largest absolute Gasteiger partial charge is 0.446 e. The highest BCUT2D eigenvalue weighted by molar-refractivity contribution is 5.68. The number of rotatable bonds is 4. The molecule has 0 saturated heterocycles. The SMILES string of the molecule is CN(C(=O)OC1CCC(NCc2ccccc2)CC1)C(C)(C)C. The predicted octanol–water partition coefficient (Wildman–Crippen LogP) is 3.95. The summed E-state index contributed by atoms with van der Waals surface area (Å²) in [7, 11) is 1.80. The Hall–Kier alpha value is -1.55. The fraction of sp³-hybridized carbons (Fsp3) is 0.632. The Morgan fingerprint density at radius 2 is 1.78 bits per heavy atom. The minimum absolute atomic E-state index is 0.0575. The van der Waals surface area contributed by atoms with Crippen molar-refractivity contribution in [1.29, 1.82) is 0 Å². The van der Waals surface area contributed by atoms with Gasteiger partial charge in [0.2, 0.25) is 0 Å². The average Bonchev–Trinajstić information content (AvgIpc) is 2.53. The average molecular weight is 318 g/mol. The van der Waals surface area contributed by atoms with Gasteiger partial charge < -0.3 is 15.0 Å². The van der Waals surface area contributed by atoms with Gasteiger partial charge in [-0.25, -0.2) is 4.79 Å². The molecular weight excluding hydrogens is 288 g/mol. The van der Waals surface area contributed by atoms with Crippen LogP contribution in [0.25, 0.3) is 0 Å². The maximum atomic E-state index is 12.1. The van der Waals surface area contributed by atoms with Crippen LogP contribution in [0.5, 0.6) is 0 Å². The Morgan fingerprint density at radius 1 is 1.17 bits per heavy atom. The summed E-state index contributed by atoms with van der Waals surface area (Å²) in [4.78, 5) is 13.8. The second kappa shape index (κ2) is 7.82. The van der Waals surface area contributed by atoms with Gasteiger partial charge in [-0.15, -0.1) is 0 Å². The lowest BCUT2D eigenvalue weighted by molar-refractivity contribution is 0.0292. The van der Waals surface area contributed by atoms with Gasteiger partial charge in [0.15, 0.2) is 0 Å². The minimum Gasteiger partial charge on any atom is -0.446 e. The number of carbonyl (C=O) groups is 1. The molecule has 0 aromatic heterocycles. The van der Waals surface area contributed by atoms with E-state index in [9.17, 15) is 4.79 Å². The second-order valence-corrected chi connectivity index (χ2v) is 7.45. The Bertz CT molecular complexity index is 488. The summed E-state index contributed by atoms with van der Waals surface area (Å²) in [5.41, 5.74) is 1.11. The van der Waals surface area contributed by atoms with E-state index in [1.54, 1.807) is 11.9 Å². The van der Waals surface area contributed by atoms with E-state index in [0.717, 1.165) is 32.2 Å². The minimum atomic E-state index is -0.210. The van der Waals surface area contributed by atoms with Crippen LogP contribution in [0, 0.1) is 0 Å². The quantitative estimate of drug-likeness (QED) is 0.914. The molecule has 128 valence electrons. The Labute approximate surface area is 140 Å². The number of nitrogens with zero attached hydrogens (tertiary/aromatic N) is 1. The summed E-state index contributed by atoms with van der Waals surface area (Å²) in [6.07, 6.45) is 3.85.